The molecular weight excluding hydrogens is 380 g/mol. The fraction of sp³-hybridized carbons (Fsp3) is 0.600. The molecule has 25 heavy (non-hydrogen) atoms. The lowest BCUT2D eigenvalue weighted by Crippen LogP contribution is -2.56. The quantitative estimate of drug-likeness (QED) is 0.792. The van der Waals surface area contributed by atoms with Crippen LogP contribution in [0.15, 0.2) is 28.7 Å². The molecule has 0 saturated heterocycles. The molecule has 0 spiro atoms. The molecule has 1 aromatic rings. The normalized spacial score (nSPS) is 33.8. The molecule has 0 heterocycles. The number of nitrogens with one attached hydrogen (secondary N) is 2. The van der Waals surface area contributed by atoms with E-state index in [4.69, 9.17) is 0 Å². The van der Waals surface area contributed by atoms with Crippen LogP contribution in [-0.2, 0) is 9.59 Å². The van der Waals surface area contributed by atoms with Gasteiger partial charge in [0, 0.05) is 15.6 Å². The van der Waals surface area contributed by atoms with Crippen molar-refractivity contribution in [2.45, 2.75) is 51.5 Å². The molecule has 0 unspecified atom stereocenters. The molecule has 0 radical (unpaired) electrons. The van der Waals surface area contributed by atoms with Crippen LogP contribution in [0.4, 0.5) is 5.69 Å². The van der Waals surface area contributed by atoms with Crippen molar-refractivity contribution in [3.8, 4) is 0 Å². The summed E-state index contributed by atoms with van der Waals surface area (Å²) in [5.41, 5.74) is 0.532. The molecule has 1 atom stereocenters. The van der Waals surface area contributed by atoms with Crippen molar-refractivity contribution in [3.63, 3.8) is 0 Å². The van der Waals surface area contributed by atoms with Crippen LogP contribution in [0.5, 0.6) is 0 Å². The van der Waals surface area contributed by atoms with E-state index in [1.807, 2.05) is 24.3 Å². The summed E-state index contributed by atoms with van der Waals surface area (Å²) < 4.78 is 0.966. The van der Waals surface area contributed by atoms with Gasteiger partial charge in [0.2, 0.25) is 11.8 Å². The number of rotatable bonds is 4. The molecule has 4 saturated carbocycles. The predicted molar refractivity (Wildman–Crippen MR) is 101 cm³/mol. The highest BCUT2D eigenvalue weighted by Gasteiger charge is 2.54. The van der Waals surface area contributed by atoms with Crippen molar-refractivity contribution in [3.05, 3.63) is 28.7 Å². The van der Waals surface area contributed by atoms with E-state index < -0.39 is 6.04 Å². The number of benzene rings is 1. The Kier molecular flexibility index (Phi) is 4.38. The molecule has 0 aromatic heterocycles. The maximum Gasteiger partial charge on any atom is 0.246 e. The third kappa shape index (κ3) is 3.35. The number of hydrogen-bond acceptors (Lipinski definition) is 2. The van der Waals surface area contributed by atoms with Gasteiger partial charge in [-0.05, 0) is 87.5 Å². The van der Waals surface area contributed by atoms with Crippen LogP contribution >= 0.6 is 15.9 Å². The van der Waals surface area contributed by atoms with Gasteiger partial charge in [0.15, 0.2) is 0 Å². The lowest BCUT2D eigenvalue weighted by atomic mass is 9.49. The van der Waals surface area contributed by atoms with Crippen LogP contribution in [0.25, 0.3) is 0 Å². The SMILES string of the molecule is C[C@H](NC(=O)C12CC3CC(CC(C3)C1)C2)C(=O)Nc1ccc(Br)cc1. The van der Waals surface area contributed by atoms with Gasteiger partial charge < -0.3 is 10.6 Å². The lowest BCUT2D eigenvalue weighted by molar-refractivity contribution is -0.147. The Morgan fingerprint density at radius 1 is 1.04 bits per heavy atom. The molecule has 0 aliphatic heterocycles. The van der Waals surface area contributed by atoms with Crippen molar-refractivity contribution < 1.29 is 9.59 Å². The second kappa shape index (κ2) is 6.42. The van der Waals surface area contributed by atoms with Crippen molar-refractivity contribution >= 4 is 33.4 Å². The summed E-state index contributed by atoms with van der Waals surface area (Å²) in [6.07, 6.45) is 6.99. The van der Waals surface area contributed by atoms with Gasteiger partial charge in [-0.15, -0.1) is 0 Å². The van der Waals surface area contributed by atoms with Gasteiger partial charge in [0.1, 0.15) is 6.04 Å². The first kappa shape index (κ1) is 17.1. The highest BCUT2D eigenvalue weighted by Crippen LogP contribution is 2.60. The number of carbonyl (C=O) groups excluding carboxylic acids is 2. The molecule has 5 heteroatoms. The minimum Gasteiger partial charge on any atom is -0.344 e. The van der Waals surface area contributed by atoms with E-state index in [0.29, 0.717) is 0 Å². The summed E-state index contributed by atoms with van der Waals surface area (Å²) in [5.74, 6) is 2.11. The number of amides is 2. The van der Waals surface area contributed by atoms with Gasteiger partial charge in [-0.25, -0.2) is 0 Å². The number of halogens is 1. The predicted octanol–water partition coefficient (Wildman–Crippen LogP) is 4.11. The van der Waals surface area contributed by atoms with E-state index in [9.17, 15) is 9.59 Å². The van der Waals surface area contributed by atoms with E-state index in [1.165, 1.54) is 19.3 Å². The van der Waals surface area contributed by atoms with E-state index in [2.05, 4.69) is 26.6 Å². The molecular formula is C20H25BrN2O2. The number of hydrogen-bond donors (Lipinski definition) is 2. The summed E-state index contributed by atoms with van der Waals surface area (Å²) >= 11 is 3.38. The summed E-state index contributed by atoms with van der Waals surface area (Å²) in [4.78, 5) is 25.4. The Morgan fingerprint density at radius 3 is 2.08 bits per heavy atom. The van der Waals surface area contributed by atoms with Gasteiger partial charge >= 0.3 is 0 Å². The van der Waals surface area contributed by atoms with Crippen molar-refractivity contribution in [2.75, 3.05) is 5.32 Å². The van der Waals surface area contributed by atoms with Crippen LogP contribution < -0.4 is 10.6 Å². The zero-order valence-corrected chi connectivity index (χ0v) is 16.1. The Labute approximate surface area is 157 Å². The zero-order valence-electron chi connectivity index (χ0n) is 14.6. The molecule has 4 bridgehead atoms. The standard InChI is InChI=1S/C20H25BrN2O2/c1-12(18(24)23-17-4-2-16(21)3-5-17)22-19(25)20-9-13-6-14(10-20)8-15(7-13)11-20/h2-5,12-15H,6-11H2,1H3,(H,22,25)(H,23,24)/t12-,13?,14?,15?,20?/m0/s1. The van der Waals surface area contributed by atoms with Crippen molar-refractivity contribution in [1.29, 1.82) is 0 Å². The molecule has 134 valence electrons. The van der Waals surface area contributed by atoms with Gasteiger partial charge in [-0.1, -0.05) is 15.9 Å². The van der Waals surface area contributed by atoms with Crippen LogP contribution in [0.3, 0.4) is 0 Å². The monoisotopic (exact) mass is 404 g/mol. The van der Waals surface area contributed by atoms with Gasteiger partial charge in [0.25, 0.3) is 0 Å². The van der Waals surface area contributed by atoms with Crippen molar-refractivity contribution in [1.82, 2.24) is 5.32 Å². The first-order valence-electron chi connectivity index (χ1n) is 9.31. The topological polar surface area (TPSA) is 58.2 Å². The number of carbonyl (C=O) groups is 2. The second-order valence-corrected chi connectivity index (χ2v) is 9.30. The maximum absolute atomic E-state index is 13.0. The highest BCUT2D eigenvalue weighted by molar-refractivity contribution is 9.10. The lowest BCUT2D eigenvalue weighted by Gasteiger charge is -2.55. The molecule has 4 fully saturated rings. The van der Waals surface area contributed by atoms with Crippen LogP contribution in [0, 0.1) is 23.2 Å². The average Bonchev–Trinajstić information content (AvgIpc) is 2.55. The highest BCUT2D eigenvalue weighted by atomic mass is 79.9. The van der Waals surface area contributed by atoms with E-state index in [0.717, 1.165) is 47.2 Å². The summed E-state index contributed by atoms with van der Waals surface area (Å²) in [6, 6.07) is 6.93. The Balaban J connectivity index is 1.38. The third-order valence-corrected chi connectivity index (χ3v) is 6.90. The van der Waals surface area contributed by atoms with E-state index in [-0.39, 0.29) is 17.2 Å². The Bertz CT molecular complexity index is 650. The minimum atomic E-state index is -0.524. The second-order valence-electron chi connectivity index (χ2n) is 8.39. The first-order valence-corrected chi connectivity index (χ1v) is 10.1. The van der Waals surface area contributed by atoms with Crippen LogP contribution in [0.2, 0.25) is 0 Å². The van der Waals surface area contributed by atoms with E-state index >= 15 is 0 Å². The van der Waals surface area contributed by atoms with E-state index in [1.54, 1.807) is 6.92 Å². The Hall–Kier alpha value is -1.36. The molecule has 2 amide bonds. The number of anilines is 1. The summed E-state index contributed by atoms with van der Waals surface area (Å²) in [5, 5.41) is 5.88. The van der Waals surface area contributed by atoms with Gasteiger partial charge in [0.05, 0.1) is 0 Å². The molecule has 4 nitrogen and oxygen atoms in total. The van der Waals surface area contributed by atoms with Gasteiger partial charge in [-0.2, -0.15) is 0 Å². The smallest absolute Gasteiger partial charge is 0.246 e. The molecule has 4 aliphatic rings. The summed E-state index contributed by atoms with van der Waals surface area (Å²) in [7, 11) is 0. The van der Waals surface area contributed by atoms with Gasteiger partial charge in [-0.3, -0.25) is 9.59 Å². The fourth-order valence-electron chi connectivity index (χ4n) is 5.59. The average molecular weight is 405 g/mol. The largest absolute Gasteiger partial charge is 0.344 e. The van der Waals surface area contributed by atoms with Crippen LogP contribution in [0.1, 0.15) is 45.4 Å². The third-order valence-electron chi connectivity index (χ3n) is 6.37. The minimum absolute atomic E-state index is 0.102. The van der Waals surface area contributed by atoms with Crippen LogP contribution in [-0.4, -0.2) is 17.9 Å². The molecule has 1 aromatic carbocycles. The summed E-state index contributed by atoms with van der Waals surface area (Å²) in [6.45, 7) is 1.77. The fourth-order valence-corrected chi connectivity index (χ4v) is 5.85. The Morgan fingerprint density at radius 2 is 1.56 bits per heavy atom. The first-order chi connectivity index (χ1) is 11.9. The zero-order chi connectivity index (χ0) is 17.6. The molecule has 4 aliphatic carbocycles. The maximum atomic E-state index is 13.0. The molecule has 5 rings (SSSR count). The van der Waals surface area contributed by atoms with Crippen molar-refractivity contribution in [2.24, 2.45) is 23.2 Å². The molecule has 2 N–H and O–H groups in total.